The molecule has 0 spiro atoms. The van der Waals surface area contributed by atoms with Crippen LogP contribution in [0.15, 0.2) is 54.9 Å². The second-order valence-electron chi connectivity index (χ2n) is 7.09. The quantitative estimate of drug-likeness (QED) is 0.699. The molecule has 2 aromatic carbocycles. The maximum Gasteiger partial charge on any atom is 0.258 e. The van der Waals surface area contributed by atoms with Crippen LogP contribution in [0.5, 0.6) is 0 Å². The summed E-state index contributed by atoms with van der Waals surface area (Å²) in [6.45, 7) is 3.43. The third-order valence-electron chi connectivity index (χ3n) is 5.12. The minimum Gasteiger partial charge on any atom is -0.339 e. The van der Waals surface area contributed by atoms with E-state index < -0.39 is 0 Å². The molecule has 1 fully saturated rings. The number of aromatic nitrogens is 2. The number of nitrogens with zero attached hydrogens (tertiary/aromatic N) is 3. The lowest BCUT2D eigenvalue weighted by Gasteiger charge is -2.18. The summed E-state index contributed by atoms with van der Waals surface area (Å²) in [6.07, 6.45) is 5.23. The van der Waals surface area contributed by atoms with Crippen LogP contribution in [0.25, 0.3) is 5.69 Å². The van der Waals surface area contributed by atoms with Gasteiger partial charge in [0.25, 0.3) is 11.8 Å². The number of rotatable bonds is 4. The maximum absolute atomic E-state index is 12.8. The van der Waals surface area contributed by atoms with E-state index in [1.165, 1.54) is 6.20 Å². The molecule has 7 heteroatoms. The molecule has 3 aromatic rings. The number of amides is 2. The summed E-state index contributed by atoms with van der Waals surface area (Å²) in [4.78, 5) is 27.3. The van der Waals surface area contributed by atoms with Crippen LogP contribution >= 0.6 is 11.6 Å². The molecule has 1 aromatic heterocycles. The lowest BCUT2D eigenvalue weighted by Crippen LogP contribution is -2.28. The summed E-state index contributed by atoms with van der Waals surface area (Å²) < 4.78 is 1.60. The number of carbonyl (C=O) groups excluding carboxylic acids is 2. The second-order valence-corrected chi connectivity index (χ2v) is 7.52. The number of carbonyl (C=O) groups is 2. The van der Waals surface area contributed by atoms with Crippen LogP contribution in [0.1, 0.15) is 39.1 Å². The molecule has 0 saturated carbocycles. The number of hydrogen-bond acceptors (Lipinski definition) is 3. The van der Waals surface area contributed by atoms with Gasteiger partial charge < -0.3 is 10.2 Å². The third-order valence-corrected chi connectivity index (χ3v) is 5.36. The van der Waals surface area contributed by atoms with Crippen LogP contribution in [0, 0.1) is 6.92 Å². The van der Waals surface area contributed by atoms with Gasteiger partial charge in [0.15, 0.2) is 0 Å². The Kier molecular flexibility index (Phi) is 5.36. The van der Waals surface area contributed by atoms with E-state index in [0.29, 0.717) is 21.8 Å². The van der Waals surface area contributed by atoms with Gasteiger partial charge in [-0.2, -0.15) is 5.10 Å². The van der Waals surface area contributed by atoms with Crippen molar-refractivity contribution in [2.24, 2.45) is 0 Å². The summed E-state index contributed by atoms with van der Waals surface area (Å²) in [5.74, 6) is -0.267. The smallest absolute Gasteiger partial charge is 0.258 e. The molecule has 2 amide bonds. The Morgan fingerprint density at radius 3 is 2.62 bits per heavy atom. The molecule has 2 heterocycles. The molecule has 4 rings (SSSR count). The predicted octanol–water partition coefficient (Wildman–Crippen LogP) is 4.32. The first-order valence-corrected chi connectivity index (χ1v) is 9.91. The van der Waals surface area contributed by atoms with Crippen molar-refractivity contribution in [3.63, 3.8) is 0 Å². The summed E-state index contributed by atoms with van der Waals surface area (Å²) in [5.41, 5.74) is 3.20. The van der Waals surface area contributed by atoms with Gasteiger partial charge in [-0.05, 0) is 55.7 Å². The minimum absolute atomic E-state index is 0.0184. The number of hydrogen-bond donors (Lipinski definition) is 1. The van der Waals surface area contributed by atoms with Gasteiger partial charge in [0.1, 0.15) is 0 Å². The van der Waals surface area contributed by atoms with Crippen LogP contribution in [-0.4, -0.2) is 39.6 Å². The van der Waals surface area contributed by atoms with Gasteiger partial charge in [0.05, 0.1) is 17.4 Å². The Bertz CT molecular complexity index is 1070. The molecule has 29 heavy (non-hydrogen) atoms. The SMILES string of the molecule is Cc1c(NC(=O)c2cnn(-c3cccc(Cl)c3)c2)cccc1C(=O)N1CCCC1. The first kappa shape index (κ1) is 19.2. The summed E-state index contributed by atoms with van der Waals surface area (Å²) >= 11 is 6.02. The topological polar surface area (TPSA) is 67.2 Å². The molecule has 1 N–H and O–H groups in total. The summed E-state index contributed by atoms with van der Waals surface area (Å²) in [7, 11) is 0. The van der Waals surface area contributed by atoms with Gasteiger partial charge >= 0.3 is 0 Å². The molecule has 1 aliphatic heterocycles. The fourth-order valence-electron chi connectivity index (χ4n) is 3.49. The van der Waals surface area contributed by atoms with Gasteiger partial charge in [0.2, 0.25) is 0 Å². The Morgan fingerprint density at radius 1 is 1.10 bits per heavy atom. The molecular formula is C22H21ClN4O2. The monoisotopic (exact) mass is 408 g/mol. The molecule has 1 aliphatic rings. The van der Waals surface area contributed by atoms with Crippen molar-refractivity contribution in [2.45, 2.75) is 19.8 Å². The van der Waals surface area contributed by atoms with Crippen molar-refractivity contribution < 1.29 is 9.59 Å². The van der Waals surface area contributed by atoms with Crippen LogP contribution in [-0.2, 0) is 0 Å². The zero-order chi connectivity index (χ0) is 20.4. The molecule has 0 radical (unpaired) electrons. The van der Waals surface area contributed by atoms with Gasteiger partial charge in [-0.3, -0.25) is 9.59 Å². The first-order valence-electron chi connectivity index (χ1n) is 9.54. The molecule has 0 atom stereocenters. The average Bonchev–Trinajstić information content (AvgIpc) is 3.41. The lowest BCUT2D eigenvalue weighted by molar-refractivity contribution is 0.0791. The fourth-order valence-corrected chi connectivity index (χ4v) is 3.67. The number of anilines is 1. The van der Waals surface area contributed by atoms with E-state index in [1.807, 2.05) is 30.0 Å². The molecular weight excluding hydrogens is 388 g/mol. The van der Waals surface area contributed by atoms with Crippen molar-refractivity contribution in [3.05, 3.63) is 76.6 Å². The first-order chi connectivity index (χ1) is 14.0. The van der Waals surface area contributed by atoms with Crippen molar-refractivity contribution in [1.82, 2.24) is 14.7 Å². The highest BCUT2D eigenvalue weighted by Crippen LogP contribution is 2.23. The van der Waals surface area contributed by atoms with Crippen molar-refractivity contribution in [2.75, 3.05) is 18.4 Å². The van der Waals surface area contributed by atoms with E-state index >= 15 is 0 Å². The predicted molar refractivity (Wildman–Crippen MR) is 113 cm³/mol. The normalized spacial score (nSPS) is 13.5. The van der Waals surface area contributed by atoms with Gasteiger partial charge in [-0.25, -0.2) is 4.68 Å². The standard InChI is InChI=1S/C22H21ClN4O2/c1-15-19(22(29)26-10-2-3-11-26)8-5-9-20(15)25-21(28)16-13-24-27(14-16)18-7-4-6-17(23)12-18/h4-9,12-14H,2-3,10-11H2,1H3,(H,25,28). The summed E-state index contributed by atoms with van der Waals surface area (Å²) in [5, 5.41) is 7.74. The summed E-state index contributed by atoms with van der Waals surface area (Å²) in [6, 6.07) is 12.6. The minimum atomic E-state index is -0.285. The van der Waals surface area contributed by atoms with E-state index in [2.05, 4.69) is 10.4 Å². The van der Waals surface area contributed by atoms with E-state index in [-0.39, 0.29) is 11.8 Å². The zero-order valence-electron chi connectivity index (χ0n) is 16.1. The van der Waals surface area contributed by atoms with Crippen LogP contribution in [0.4, 0.5) is 5.69 Å². The number of benzene rings is 2. The molecule has 0 aliphatic carbocycles. The lowest BCUT2D eigenvalue weighted by atomic mass is 10.1. The molecule has 0 unspecified atom stereocenters. The Hall–Kier alpha value is -3.12. The highest BCUT2D eigenvalue weighted by molar-refractivity contribution is 6.30. The second kappa shape index (κ2) is 8.09. The van der Waals surface area contributed by atoms with Gasteiger partial charge in [-0.15, -0.1) is 0 Å². The van der Waals surface area contributed by atoms with Crippen molar-refractivity contribution in [3.8, 4) is 5.69 Å². The molecule has 148 valence electrons. The number of likely N-dealkylation sites (tertiary alicyclic amines) is 1. The Labute approximate surface area is 174 Å². The van der Waals surface area contributed by atoms with E-state index in [1.54, 1.807) is 35.1 Å². The van der Waals surface area contributed by atoms with Crippen LogP contribution in [0.2, 0.25) is 5.02 Å². The highest BCUT2D eigenvalue weighted by Gasteiger charge is 2.22. The van der Waals surface area contributed by atoms with E-state index in [9.17, 15) is 9.59 Å². The number of halogens is 1. The molecule has 6 nitrogen and oxygen atoms in total. The fraction of sp³-hybridized carbons (Fsp3) is 0.227. The molecule has 0 bridgehead atoms. The maximum atomic E-state index is 12.8. The third kappa shape index (κ3) is 4.03. The zero-order valence-corrected chi connectivity index (χ0v) is 16.8. The molecule has 1 saturated heterocycles. The Balaban J connectivity index is 1.53. The van der Waals surface area contributed by atoms with Gasteiger partial charge in [0, 0.05) is 35.6 Å². The average molecular weight is 409 g/mol. The Morgan fingerprint density at radius 2 is 1.86 bits per heavy atom. The number of nitrogens with one attached hydrogen (secondary N) is 1. The van der Waals surface area contributed by atoms with E-state index in [4.69, 9.17) is 11.6 Å². The van der Waals surface area contributed by atoms with Crippen molar-refractivity contribution in [1.29, 1.82) is 0 Å². The van der Waals surface area contributed by atoms with Crippen LogP contribution in [0.3, 0.4) is 0 Å². The largest absolute Gasteiger partial charge is 0.339 e. The van der Waals surface area contributed by atoms with Crippen molar-refractivity contribution >= 4 is 29.1 Å². The van der Waals surface area contributed by atoms with Crippen LogP contribution < -0.4 is 5.32 Å². The van der Waals surface area contributed by atoms with Gasteiger partial charge in [-0.1, -0.05) is 23.7 Å². The van der Waals surface area contributed by atoms with E-state index in [0.717, 1.165) is 37.2 Å². The highest BCUT2D eigenvalue weighted by atomic mass is 35.5.